The highest BCUT2D eigenvalue weighted by molar-refractivity contribution is 5.85. The number of nitrogens with one attached hydrogen (secondary N) is 1. The second-order valence-corrected chi connectivity index (χ2v) is 5.17. The molecule has 1 nitrogen and oxygen atoms in total. The van der Waals surface area contributed by atoms with Gasteiger partial charge in [0.2, 0.25) is 0 Å². The van der Waals surface area contributed by atoms with Crippen LogP contribution in [-0.4, -0.2) is 7.05 Å². The van der Waals surface area contributed by atoms with Crippen molar-refractivity contribution >= 4 is 12.4 Å². The number of hydrogen-bond acceptors (Lipinski definition) is 1. The molecule has 108 valence electrons. The lowest BCUT2D eigenvalue weighted by Crippen LogP contribution is -2.08. The predicted octanol–water partition coefficient (Wildman–Crippen LogP) is 4.67. The van der Waals surface area contributed by atoms with E-state index in [0.29, 0.717) is 0 Å². The van der Waals surface area contributed by atoms with Gasteiger partial charge in [0.15, 0.2) is 0 Å². The highest BCUT2D eigenvalue weighted by Crippen LogP contribution is 2.26. The standard InChI is InChI=1S/C18H23N.ClH/c1-5-15-7-6-8-16(11-15)17-9-13(2)18(12-19-4)14(3)10-17;/h6-11,19H,5,12H2,1-4H3;1H. The van der Waals surface area contributed by atoms with E-state index < -0.39 is 0 Å². The summed E-state index contributed by atoms with van der Waals surface area (Å²) in [7, 11) is 2.00. The third-order valence-electron chi connectivity index (χ3n) is 3.72. The minimum Gasteiger partial charge on any atom is -0.316 e. The van der Waals surface area contributed by atoms with Crippen LogP contribution in [0.5, 0.6) is 0 Å². The summed E-state index contributed by atoms with van der Waals surface area (Å²) in [5, 5.41) is 3.24. The van der Waals surface area contributed by atoms with Crippen LogP contribution in [0.3, 0.4) is 0 Å². The Kier molecular flexibility index (Phi) is 6.25. The molecule has 2 aromatic carbocycles. The smallest absolute Gasteiger partial charge is 0.0207 e. The summed E-state index contributed by atoms with van der Waals surface area (Å²) in [4.78, 5) is 0. The van der Waals surface area contributed by atoms with Crippen molar-refractivity contribution in [1.82, 2.24) is 5.32 Å². The maximum atomic E-state index is 3.24. The van der Waals surface area contributed by atoms with Gasteiger partial charge < -0.3 is 5.32 Å². The van der Waals surface area contributed by atoms with Crippen LogP contribution in [0, 0.1) is 13.8 Å². The summed E-state index contributed by atoms with van der Waals surface area (Å²) in [5.74, 6) is 0. The van der Waals surface area contributed by atoms with Crippen LogP contribution in [0.4, 0.5) is 0 Å². The van der Waals surface area contributed by atoms with Crippen molar-refractivity contribution in [3.8, 4) is 11.1 Å². The molecule has 0 radical (unpaired) electrons. The number of hydrogen-bond donors (Lipinski definition) is 1. The molecule has 20 heavy (non-hydrogen) atoms. The van der Waals surface area contributed by atoms with E-state index >= 15 is 0 Å². The van der Waals surface area contributed by atoms with E-state index in [1.54, 1.807) is 0 Å². The fourth-order valence-electron chi connectivity index (χ4n) is 2.59. The quantitative estimate of drug-likeness (QED) is 0.862. The molecule has 0 amide bonds. The molecule has 0 aromatic heterocycles. The minimum absolute atomic E-state index is 0. The van der Waals surface area contributed by atoms with E-state index in [2.05, 4.69) is 62.5 Å². The Morgan fingerprint density at radius 1 is 0.950 bits per heavy atom. The lowest BCUT2D eigenvalue weighted by molar-refractivity contribution is 0.806. The van der Waals surface area contributed by atoms with Gasteiger partial charge in [-0.3, -0.25) is 0 Å². The lowest BCUT2D eigenvalue weighted by Gasteiger charge is -2.13. The van der Waals surface area contributed by atoms with Gasteiger partial charge in [0.25, 0.3) is 0 Å². The van der Waals surface area contributed by atoms with Gasteiger partial charge in [0.1, 0.15) is 0 Å². The van der Waals surface area contributed by atoms with Crippen LogP contribution in [0.2, 0.25) is 0 Å². The van der Waals surface area contributed by atoms with Crippen LogP contribution in [-0.2, 0) is 13.0 Å². The molecule has 2 heteroatoms. The summed E-state index contributed by atoms with van der Waals surface area (Å²) >= 11 is 0. The highest BCUT2D eigenvalue weighted by atomic mass is 35.5. The lowest BCUT2D eigenvalue weighted by atomic mass is 9.94. The number of aryl methyl sites for hydroxylation is 3. The van der Waals surface area contributed by atoms with Gasteiger partial charge in [-0.05, 0) is 60.7 Å². The Labute approximate surface area is 128 Å². The molecule has 0 aliphatic heterocycles. The van der Waals surface area contributed by atoms with Gasteiger partial charge in [0, 0.05) is 6.54 Å². The second kappa shape index (κ2) is 7.47. The normalized spacial score (nSPS) is 10.2. The first-order valence-electron chi connectivity index (χ1n) is 6.99. The van der Waals surface area contributed by atoms with E-state index in [0.717, 1.165) is 13.0 Å². The SMILES string of the molecule is CCc1cccc(-c2cc(C)c(CNC)c(C)c2)c1.Cl. The number of halogens is 1. The van der Waals surface area contributed by atoms with E-state index in [9.17, 15) is 0 Å². The molecular formula is C18H24ClN. The zero-order chi connectivity index (χ0) is 13.8. The van der Waals surface area contributed by atoms with Crippen LogP contribution < -0.4 is 5.32 Å². The molecule has 2 rings (SSSR count). The Morgan fingerprint density at radius 3 is 2.15 bits per heavy atom. The Hall–Kier alpha value is -1.31. The average Bonchev–Trinajstić information content (AvgIpc) is 2.42. The van der Waals surface area contributed by atoms with Gasteiger partial charge in [0.05, 0.1) is 0 Å². The first-order valence-corrected chi connectivity index (χ1v) is 6.99. The van der Waals surface area contributed by atoms with Crippen LogP contribution in [0.15, 0.2) is 36.4 Å². The van der Waals surface area contributed by atoms with Crippen molar-refractivity contribution in [3.05, 3.63) is 58.7 Å². The minimum atomic E-state index is 0. The van der Waals surface area contributed by atoms with Crippen LogP contribution in [0.25, 0.3) is 11.1 Å². The van der Waals surface area contributed by atoms with E-state index in [1.807, 2.05) is 7.05 Å². The zero-order valence-corrected chi connectivity index (χ0v) is 13.6. The molecule has 0 bridgehead atoms. The first kappa shape index (κ1) is 16.7. The number of benzene rings is 2. The fraction of sp³-hybridized carbons (Fsp3) is 0.333. The molecule has 1 N–H and O–H groups in total. The van der Waals surface area contributed by atoms with Crippen molar-refractivity contribution in [2.24, 2.45) is 0 Å². The van der Waals surface area contributed by atoms with E-state index in [-0.39, 0.29) is 12.4 Å². The monoisotopic (exact) mass is 289 g/mol. The number of rotatable bonds is 4. The molecule has 0 atom stereocenters. The summed E-state index contributed by atoms with van der Waals surface area (Å²) in [6.45, 7) is 7.54. The van der Waals surface area contributed by atoms with Crippen molar-refractivity contribution in [2.45, 2.75) is 33.7 Å². The third-order valence-corrected chi connectivity index (χ3v) is 3.72. The Balaban J connectivity index is 0.00000200. The van der Waals surface area contributed by atoms with Gasteiger partial charge in [-0.2, -0.15) is 0 Å². The molecule has 0 spiro atoms. The van der Waals surface area contributed by atoms with Gasteiger partial charge in [-0.1, -0.05) is 43.3 Å². The summed E-state index contributed by atoms with van der Waals surface area (Å²) < 4.78 is 0. The van der Waals surface area contributed by atoms with Gasteiger partial charge in [-0.25, -0.2) is 0 Å². The molecule has 0 saturated heterocycles. The Bertz CT molecular complexity index is 552. The summed E-state index contributed by atoms with van der Waals surface area (Å²) in [6.07, 6.45) is 1.09. The van der Waals surface area contributed by atoms with Crippen LogP contribution >= 0.6 is 12.4 Å². The van der Waals surface area contributed by atoms with Crippen molar-refractivity contribution in [1.29, 1.82) is 0 Å². The second-order valence-electron chi connectivity index (χ2n) is 5.17. The maximum Gasteiger partial charge on any atom is 0.0207 e. The molecular weight excluding hydrogens is 266 g/mol. The molecule has 0 fully saturated rings. The van der Waals surface area contributed by atoms with Crippen molar-refractivity contribution in [3.63, 3.8) is 0 Å². The first-order chi connectivity index (χ1) is 9.15. The summed E-state index contributed by atoms with van der Waals surface area (Å²) in [5.41, 5.74) is 8.19. The predicted molar refractivity (Wildman–Crippen MR) is 90.7 cm³/mol. The van der Waals surface area contributed by atoms with Crippen molar-refractivity contribution < 1.29 is 0 Å². The summed E-state index contributed by atoms with van der Waals surface area (Å²) in [6, 6.07) is 13.4. The maximum absolute atomic E-state index is 3.24. The molecule has 0 saturated carbocycles. The van der Waals surface area contributed by atoms with Gasteiger partial charge in [-0.15, -0.1) is 12.4 Å². The molecule has 0 aliphatic rings. The van der Waals surface area contributed by atoms with Crippen molar-refractivity contribution in [2.75, 3.05) is 7.05 Å². The molecule has 0 aliphatic carbocycles. The largest absolute Gasteiger partial charge is 0.316 e. The average molecular weight is 290 g/mol. The molecule has 0 heterocycles. The van der Waals surface area contributed by atoms with Crippen LogP contribution in [0.1, 0.15) is 29.2 Å². The third kappa shape index (κ3) is 3.62. The Morgan fingerprint density at radius 2 is 1.60 bits per heavy atom. The molecule has 0 unspecified atom stereocenters. The van der Waals surface area contributed by atoms with E-state index in [4.69, 9.17) is 0 Å². The van der Waals surface area contributed by atoms with Gasteiger partial charge >= 0.3 is 0 Å². The highest BCUT2D eigenvalue weighted by Gasteiger charge is 2.06. The topological polar surface area (TPSA) is 12.0 Å². The fourth-order valence-corrected chi connectivity index (χ4v) is 2.59. The van der Waals surface area contributed by atoms with E-state index in [1.165, 1.54) is 33.4 Å². The molecule has 2 aromatic rings. The zero-order valence-electron chi connectivity index (χ0n) is 12.8.